The third kappa shape index (κ3) is 5.60. The average Bonchev–Trinajstić information content (AvgIpc) is 3.32. The largest absolute Gasteiger partial charge is 0.490 e. The van der Waals surface area contributed by atoms with Crippen molar-refractivity contribution < 1.29 is 18.7 Å². The zero-order chi connectivity index (χ0) is 23.0. The molecule has 33 heavy (non-hydrogen) atoms. The number of nitrogens with one attached hydrogen (secondary N) is 1. The van der Waals surface area contributed by atoms with Gasteiger partial charge in [0.05, 0.1) is 19.6 Å². The molecule has 1 heterocycles. The van der Waals surface area contributed by atoms with Gasteiger partial charge in [-0.2, -0.15) is 0 Å². The van der Waals surface area contributed by atoms with E-state index in [0.29, 0.717) is 36.3 Å². The van der Waals surface area contributed by atoms with Crippen LogP contribution in [0.3, 0.4) is 0 Å². The van der Waals surface area contributed by atoms with Crippen LogP contribution in [0.25, 0.3) is 22.7 Å². The number of hydrogen-bond donors (Lipinski definition) is 1. The SMILES string of the molecule is CCOc1ccc(CC(=O)Nc2ccc(-c3nc(-c4ccccc4)co3)cc2)cc1OCC. The number of carbonyl (C=O) groups excluding carboxylic acids is 1. The van der Waals surface area contributed by atoms with Crippen molar-refractivity contribution in [1.29, 1.82) is 0 Å². The van der Waals surface area contributed by atoms with E-state index >= 15 is 0 Å². The van der Waals surface area contributed by atoms with Gasteiger partial charge in [0.15, 0.2) is 11.5 Å². The first-order valence-corrected chi connectivity index (χ1v) is 11.0. The first-order chi connectivity index (χ1) is 16.2. The average molecular weight is 443 g/mol. The molecule has 4 aromatic rings. The molecule has 4 rings (SSSR count). The van der Waals surface area contributed by atoms with Crippen LogP contribution >= 0.6 is 0 Å². The van der Waals surface area contributed by atoms with Gasteiger partial charge < -0.3 is 19.2 Å². The Morgan fingerprint density at radius 1 is 0.879 bits per heavy atom. The molecule has 0 bridgehead atoms. The van der Waals surface area contributed by atoms with Gasteiger partial charge in [0.1, 0.15) is 12.0 Å². The molecule has 0 aliphatic carbocycles. The summed E-state index contributed by atoms with van der Waals surface area (Å²) in [4.78, 5) is 17.1. The summed E-state index contributed by atoms with van der Waals surface area (Å²) in [6, 6.07) is 22.9. The van der Waals surface area contributed by atoms with E-state index in [0.717, 1.165) is 22.4 Å². The highest BCUT2D eigenvalue weighted by Crippen LogP contribution is 2.29. The van der Waals surface area contributed by atoms with Crippen LogP contribution < -0.4 is 14.8 Å². The minimum absolute atomic E-state index is 0.114. The van der Waals surface area contributed by atoms with Gasteiger partial charge in [-0.15, -0.1) is 0 Å². The quantitative estimate of drug-likeness (QED) is 0.345. The first-order valence-electron chi connectivity index (χ1n) is 11.0. The van der Waals surface area contributed by atoms with Crippen LogP contribution in [0.2, 0.25) is 0 Å². The lowest BCUT2D eigenvalue weighted by Gasteiger charge is -2.12. The van der Waals surface area contributed by atoms with Crippen LogP contribution in [-0.4, -0.2) is 24.1 Å². The maximum atomic E-state index is 12.6. The van der Waals surface area contributed by atoms with Gasteiger partial charge in [-0.3, -0.25) is 4.79 Å². The second-order valence-corrected chi connectivity index (χ2v) is 7.35. The monoisotopic (exact) mass is 442 g/mol. The molecule has 6 nitrogen and oxygen atoms in total. The Labute approximate surface area is 193 Å². The van der Waals surface area contributed by atoms with E-state index in [1.807, 2.05) is 86.6 Å². The number of aromatic nitrogens is 1. The van der Waals surface area contributed by atoms with Crippen molar-refractivity contribution in [1.82, 2.24) is 4.98 Å². The predicted molar refractivity (Wildman–Crippen MR) is 128 cm³/mol. The Morgan fingerprint density at radius 3 is 2.33 bits per heavy atom. The molecule has 168 valence electrons. The second kappa shape index (κ2) is 10.5. The lowest BCUT2D eigenvalue weighted by Crippen LogP contribution is -2.14. The topological polar surface area (TPSA) is 73.6 Å². The molecule has 0 unspecified atom stereocenters. The normalized spacial score (nSPS) is 10.6. The summed E-state index contributed by atoms with van der Waals surface area (Å²) in [7, 11) is 0. The van der Waals surface area contributed by atoms with E-state index in [4.69, 9.17) is 13.9 Å². The molecule has 0 spiro atoms. The summed E-state index contributed by atoms with van der Waals surface area (Å²) < 4.78 is 16.9. The highest BCUT2D eigenvalue weighted by atomic mass is 16.5. The molecule has 3 aromatic carbocycles. The predicted octanol–water partition coefficient (Wildman–Crippen LogP) is 5.99. The van der Waals surface area contributed by atoms with Crippen LogP contribution in [0, 0.1) is 0 Å². The Morgan fingerprint density at radius 2 is 1.61 bits per heavy atom. The fraction of sp³-hybridized carbons (Fsp3) is 0.185. The maximum Gasteiger partial charge on any atom is 0.228 e. The van der Waals surface area contributed by atoms with E-state index in [1.54, 1.807) is 6.26 Å². The van der Waals surface area contributed by atoms with E-state index in [9.17, 15) is 4.79 Å². The van der Waals surface area contributed by atoms with Crippen LogP contribution in [0.4, 0.5) is 5.69 Å². The summed E-state index contributed by atoms with van der Waals surface area (Å²) in [6.07, 6.45) is 1.88. The number of ether oxygens (including phenoxy) is 2. The van der Waals surface area contributed by atoms with Crippen molar-refractivity contribution in [2.75, 3.05) is 18.5 Å². The summed E-state index contributed by atoms with van der Waals surface area (Å²) in [5, 5.41) is 2.93. The number of oxazole rings is 1. The lowest BCUT2D eigenvalue weighted by atomic mass is 10.1. The minimum atomic E-state index is -0.114. The lowest BCUT2D eigenvalue weighted by molar-refractivity contribution is -0.115. The van der Waals surface area contributed by atoms with E-state index in [2.05, 4.69) is 10.3 Å². The molecular weight excluding hydrogens is 416 g/mol. The summed E-state index contributed by atoms with van der Waals surface area (Å²) >= 11 is 0. The molecule has 0 atom stereocenters. The first kappa shape index (κ1) is 22.1. The molecule has 6 heteroatoms. The van der Waals surface area contributed by atoms with Gasteiger partial charge in [0.2, 0.25) is 11.8 Å². The number of rotatable bonds is 9. The van der Waals surface area contributed by atoms with E-state index in [-0.39, 0.29) is 12.3 Å². The molecule has 0 saturated carbocycles. The third-order valence-corrected chi connectivity index (χ3v) is 4.96. The molecule has 0 fully saturated rings. The van der Waals surface area contributed by atoms with Gasteiger partial charge in [0, 0.05) is 16.8 Å². The summed E-state index contributed by atoms with van der Waals surface area (Å²) in [5.41, 5.74) is 4.17. The zero-order valence-corrected chi connectivity index (χ0v) is 18.7. The number of amides is 1. The molecule has 0 aliphatic rings. The summed E-state index contributed by atoms with van der Waals surface area (Å²) in [5.74, 6) is 1.75. The van der Waals surface area contributed by atoms with Crippen LogP contribution in [-0.2, 0) is 11.2 Å². The van der Waals surface area contributed by atoms with Gasteiger partial charge in [-0.05, 0) is 55.8 Å². The number of anilines is 1. The Bertz CT molecular complexity index is 1200. The number of benzene rings is 3. The zero-order valence-electron chi connectivity index (χ0n) is 18.7. The number of hydrogen-bond acceptors (Lipinski definition) is 5. The van der Waals surface area contributed by atoms with E-state index < -0.39 is 0 Å². The van der Waals surface area contributed by atoms with Gasteiger partial charge in [-0.25, -0.2) is 4.98 Å². The highest BCUT2D eigenvalue weighted by molar-refractivity contribution is 5.92. The van der Waals surface area contributed by atoms with E-state index in [1.165, 1.54) is 0 Å². The van der Waals surface area contributed by atoms with Crippen molar-refractivity contribution in [2.45, 2.75) is 20.3 Å². The molecule has 0 radical (unpaired) electrons. The molecule has 1 amide bonds. The molecule has 0 saturated heterocycles. The smallest absolute Gasteiger partial charge is 0.228 e. The van der Waals surface area contributed by atoms with Crippen molar-refractivity contribution in [3.8, 4) is 34.2 Å². The van der Waals surface area contributed by atoms with Gasteiger partial charge >= 0.3 is 0 Å². The van der Waals surface area contributed by atoms with Crippen molar-refractivity contribution >= 4 is 11.6 Å². The maximum absolute atomic E-state index is 12.6. The molecular formula is C27H26N2O4. The Kier molecular flexibility index (Phi) is 7.05. The van der Waals surface area contributed by atoms with Crippen LogP contribution in [0.5, 0.6) is 11.5 Å². The third-order valence-electron chi connectivity index (χ3n) is 4.96. The Balaban J connectivity index is 1.40. The van der Waals surface area contributed by atoms with Crippen molar-refractivity contribution in [3.05, 3.63) is 84.6 Å². The fourth-order valence-corrected chi connectivity index (χ4v) is 3.44. The van der Waals surface area contributed by atoms with Crippen molar-refractivity contribution in [3.63, 3.8) is 0 Å². The van der Waals surface area contributed by atoms with Gasteiger partial charge in [0.25, 0.3) is 0 Å². The second-order valence-electron chi connectivity index (χ2n) is 7.35. The standard InChI is InChI=1S/C27H26N2O4/c1-3-31-24-15-10-19(16-25(24)32-4-2)17-26(30)28-22-13-11-21(12-14-22)27-29-23(18-33-27)20-8-6-5-7-9-20/h5-16,18H,3-4,17H2,1-2H3,(H,28,30). The fourth-order valence-electron chi connectivity index (χ4n) is 3.44. The van der Waals surface area contributed by atoms with Crippen molar-refractivity contribution in [2.24, 2.45) is 0 Å². The molecule has 0 aliphatic heterocycles. The molecule has 1 N–H and O–H groups in total. The number of carbonyl (C=O) groups is 1. The van der Waals surface area contributed by atoms with Crippen LogP contribution in [0.15, 0.2) is 83.5 Å². The summed E-state index contributed by atoms with van der Waals surface area (Å²) in [6.45, 7) is 4.92. The minimum Gasteiger partial charge on any atom is -0.490 e. The molecule has 1 aromatic heterocycles. The number of nitrogens with zero attached hydrogens (tertiary/aromatic N) is 1. The Hall–Kier alpha value is -4.06. The van der Waals surface area contributed by atoms with Crippen LogP contribution in [0.1, 0.15) is 19.4 Å². The van der Waals surface area contributed by atoms with Gasteiger partial charge in [-0.1, -0.05) is 36.4 Å². The highest BCUT2D eigenvalue weighted by Gasteiger charge is 2.11.